The Balaban J connectivity index is 1.86. The van der Waals surface area contributed by atoms with E-state index in [0.29, 0.717) is 24.3 Å². The third-order valence-corrected chi connectivity index (χ3v) is 6.78. The maximum absolute atomic E-state index is 14.0. The summed E-state index contributed by atoms with van der Waals surface area (Å²) in [4.78, 5) is 12.8. The molecule has 144 valence electrons. The molecule has 2 aromatic rings. The number of hydrogen-bond acceptors (Lipinski definition) is 3. The Kier molecular flexibility index (Phi) is 6.05. The Hall–Kier alpha value is -1.67. The van der Waals surface area contributed by atoms with Crippen LogP contribution in [0.15, 0.2) is 47.4 Å². The van der Waals surface area contributed by atoms with Crippen LogP contribution in [0, 0.1) is 5.82 Å². The van der Waals surface area contributed by atoms with Crippen molar-refractivity contribution in [3.63, 3.8) is 0 Å². The third kappa shape index (κ3) is 4.43. The van der Waals surface area contributed by atoms with E-state index in [2.05, 4.69) is 5.32 Å². The molecule has 0 bridgehead atoms. The van der Waals surface area contributed by atoms with E-state index in [9.17, 15) is 17.6 Å². The molecule has 1 aliphatic rings. The van der Waals surface area contributed by atoms with Gasteiger partial charge in [0.2, 0.25) is 15.9 Å². The number of amides is 1. The lowest BCUT2D eigenvalue weighted by atomic mass is 10.0. The van der Waals surface area contributed by atoms with Crippen LogP contribution in [0.4, 0.5) is 10.1 Å². The van der Waals surface area contributed by atoms with Gasteiger partial charge in [-0.05, 0) is 55.3 Å². The van der Waals surface area contributed by atoms with E-state index in [1.165, 1.54) is 40.7 Å². The van der Waals surface area contributed by atoms with E-state index in [-0.39, 0.29) is 22.2 Å². The Morgan fingerprint density at radius 3 is 2.41 bits per heavy atom. The van der Waals surface area contributed by atoms with Crippen LogP contribution in [-0.2, 0) is 14.8 Å². The Morgan fingerprint density at radius 1 is 1.07 bits per heavy atom. The Morgan fingerprint density at radius 2 is 1.74 bits per heavy atom. The Bertz CT molecular complexity index is 952. The minimum atomic E-state index is -3.88. The van der Waals surface area contributed by atoms with Crippen LogP contribution in [0.25, 0.3) is 0 Å². The van der Waals surface area contributed by atoms with Crippen molar-refractivity contribution in [2.45, 2.75) is 30.2 Å². The molecule has 27 heavy (non-hydrogen) atoms. The molecule has 1 amide bonds. The highest BCUT2D eigenvalue weighted by molar-refractivity contribution is 7.89. The van der Waals surface area contributed by atoms with E-state index >= 15 is 0 Å². The number of halogens is 3. The number of benzene rings is 2. The predicted octanol–water partition coefficient (Wildman–Crippen LogP) is 4.31. The highest BCUT2D eigenvalue weighted by Gasteiger charge is 2.37. The molecule has 1 atom stereocenters. The van der Waals surface area contributed by atoms with E-state index < -0.39 is 27.8 Å². The maximum atomic E-state index is 14.0. The van der Waals surface area contributed by atoms with Crippen LogP contribution < -0.4 is 5.32 Å². The average Bonchev–Trinajstić information content (AvgIpc) is 2.64. The molecule has 3 rings (SSSR count). The number of carbonyl (C=O) groups is 1. The second kappa shape index (κ2) is 8.14. The minimum Gasteiger partial charge on any atom is -0.322 e. The summed E-state index contributed by atoms with van der Waals surface area (Å²) in [5.41, 5.74) is -0.0428. The van der Waals surface area contributed by atoms with Crippen molar-refractivity contribution < 1.29 is 17.6 Å². The zero-order valence-electron chi connectivity index (χ0n) is 14.2. The lowest BCUT2D eigenvalue weighted by Gasteiger charge is -2.33. The van der Waals surface area contributed by atoms with E-state index in [1.54, 1.807) is 0 Å². The summed E-state index contributed by atoms with van der Waals surface area (Å²) in [6.45, 7) is 0.214. The van der Waals surface area contributed by atoms with Gasteiger partial charge in [0, 0.05) is 16.6 Å². The molecule has 0 saturated carbocycles. The molecule has 1 saturated heterocycles. The third-order valence-electron chi connectivity index (χ3n) is 4.37. The second-order valence-electron chi connectivity index (χ2n) is 6.19. The van der Waals surface area contributed by atoms with Gasteiger partial charge in [-0.25, -0.2) is 12.8 Å². The molecular weight excluding hydrogens is 414 g/mol. The summed E-state index contributed by atoms with van der Waals surface area (Å²) < 4.78 is 41.1. The standard InChI is InChI=1S/C18H17Cl2FN2O3S/c19-12-4-7-14(8-5-12)27(25,26)23-10-2-1-3-17(23)18(24)22-16-9-6-13(20)11-15(16)21/h4-9,11,17H,1-3,10H2,(H,22,24)/t17-/m1/s1. The van der Waals surface area contributed by atoms with Gasteiger partial charge >= 0.3 is 0 Å². The smallest absolute Gasteiger partial charge is 0.243 e. The number of piperidine rings is 1. The highest BCUT2D eigenvalue weighted by atomic mass is 35.5. The molecule has 0 unspecified atom stereocenters. The first-order chi connectivity index (χ1) is 12.8. The average molecular weight is 431 g/mol. The van der Waals surface area contributed by atoms with Crippen molar-refractivity contribution >= 4 is 44.8 Å². The van der Waals surface area contributed by atoms with Gasteiger partial charge in [-0.1, -0.05) is 29.6 Å². The van der Waals surface area contributed by atoms with Crippen LogP contribution in [0.2, 0.25) is 10.0 Å². The maximum Gasteiger partial charge on any atom is 0.243 e. The highest BCUT2D eigenvalue weighted by Crippen LogP contribution is 2.28. The number of carbonyl (C=O) groups excluding carboxylic acids is 1. The van der Waals surface area contributed by atoms with Crippen molar-refractivity contribution in [1.29, 1.82) is 0 Å². The molecule has 0 aliphatic carbocycles. The van der Waals surface area contributed by atoms with Gasteiger partial charge in [-0.3, -0.25) is 4.79 Å². The number of hydrogen-bond donors (Lipinski definition) is 1. The number of anilines is 1. The molecule has 1 heterocycles. The monoisotopic (exact) mass is 430 g/mol. The van der Waals surface area contributed by atoms with Gasteiger partial charge in [0.1, 0.15) is 11.9 Å². The van der Waals surface area contributed by atoms with Crippen LogP contribution in [-0.4, -0.2) is 31.2 Å². The van der Waals surface area contributed by atoms with Gasteiger partial charge in [-0.2, -0.15) is 4.31 Å². The van der Waals surface area contributed by atoms with Gasteiger partial charge in [0.25, 0.3) is 0 Å². The zero-order chi connectivity index (χ0) is 19.6. The number of nitrogens with one attached hydrogen (secondary N) is 1. The Labute approximate surface area is 167 Å². The van der Waals surface area contributed by atoms with Crippen molar-refractivity contribution in [2.75, 3.05) is 11.9 Å². The molecule has 0 spiro atoms. The first-order valence-electron chi connectivity index (χ1n) is 8.32. The summed E-state index contributed by atoms with van der Waals surface area (Å²) in [6, 6.07) is 8.72. The fourth-order valence-corrected chi connectivity index (χ4v) is 4.94. The van der Waals surface area contributed by atoms with Crippen molar-refractivity contribution in [2.24, 2.45) is 0 Å². The van der Waals surface area contributed by atoms with Crippen LogP contribution in [0.1, 0.15) is 19.3 Å². The fraction of sp³-hybridized carbons (Fsp3) is 0.278. The van der Waals surface area contributed by atoms with Gasteiger partial charge < -0.3 is 5.32 Å². The zero-order valence-corrected chi connectivity index (χ0v) is 16.5. The summed E-state index contributed by atoms with van der Waals surface area (Å²) in [5, 5.41) is 3.09. The number of nitrogens with zero attached hydrogens (tertiary/aromatic N) is 1. The summed E-state index contributed by atoms with van der Waals surface area (Å²) >= 11 is 11.5. The van der Waals surface area contributed by atoms with Crippen molar-refractivity contribution in [3.05, 3.63) is 58.3 Å². The molecule has 0 aromatic heterocycles. The summed E-state index contributed by atoms with van der Waals surface area (Å²) in [7, 11) is -3.88. The SMILES string of the molecule is O=C(Nc1ccc(Cl)cc1F)[C@H]1CCCCN1S(=O)(=O)c1ccc(Cl)cc1. The number of sulfonamides is 1. The molecule has 2 aromatic carbocycles. The molecule has 5 nitrogen and oxygen atoms in total. The molecule has 0 radical (unpaired) electrons. The van der Waals surface area contributed by atoms with Crippen LogP contribution >= 0.6 is 23.2 Å². The van der Waals surface area contributed by atoms with Crippen molar-refractivity contribution in [1.82, 2.24) is 4.31 Å². The van der Waals surface area contributed by atoms with E-state index in [0.717, 1.165) is 6.07 Å². The van der Waals surface area contributed by atoms with Crippen molar-refractivity contribution in [3.8, 4) is 0 Å². The lowest BCUT2D eigenvalue weighted by molar-refractivity contribution is -0.120. The topological polar surface area (TPSA) is 66.5 Å². The summed E-state index contributed by atoms with van der Waals surface area (Å²) in [6.07, 6.45) is 1.70. The lowest BCUT2D eigenvalue weighted by Crippen LogP contribution is -2.49. The van der Waals surface area contributed by atoms with Crippen LogP contribution in [0.5, 0.6) is 0 Å². The predicted molar refractivity (Wildman–Crippen MR) is 103 cm³/mol. The number of rotatable bonds is 4. The normalized spacial score (nSPS) is 18.3. The van der Waals surface area contributed by atoms with E-state index in [1.807, 2.05) is 0 Å². The molecular formula is C18H17Cl2FN2O3S. The van der Waals surface area contributed by atoms with Gasteiger partial charge in [0.15, 0.2) is 0 Å². The fourth-order valence-electron chi connectivity index (χ4n) is 3.00. The quantitative estimate of drug-likeness (QED) is 0.785. The molecule has 1 N–H and O–H groups in total. The second-order valence-corrected chi connectivity index (χ2v) is 8.96. The molecule has 1 fully saturated rings. The molecule has 1 aliphatic heterocycles. The summed E-state index contributed by atoms with van der Waals surface area (Å²) in [5.74, 6) is -1.26. The van der Waals surface area contributed by atoms with Gasteiger partial charge in [0.05, 0.1) is 10.6 Å². The first kappa shape index (κ1) is 20.1. The van der Waals surface area contributed by atoms with Gasteiger partial charge in [-0.15, -0.1) is 0 Å². The molecule has 9 heteroatoms. The van der Waals surface area contributed by atoms with E-state index in [4.69, 9.17) is 23.2 Å². The van der Waals surface area contributed by atoms with Crippen LogP contribution in [0.3, 0.4) is 0 Å². The first-order valence-corrected chi connectivity index (χ1v) is 10.5. The largest absolute Gasteiger partial charge is 0.322 e. The minimum absolute atomic E-state index is 0.0428.